The van der Waals surface area contributed by atoms with E-state index in [9.17, 15) is 22.8 Å². The van der Waals surface area contributed by atoms with Crippen molar-refractivity contribution >= 4 is 22.5 Å². The summed E-state index contributed by atoms with van der Waals surface area (Å²) in [4.78, 5) is 29.3. The fourth-order valence-corrected chi connectivity index (χ4v) is 3.88. The van der Waals surface area contributed by atoms with Crippen molar-refractivity contribution in [3.8, 4) is 22.9 Å². The summed E-state index contributed by atoms with van der Waals surface area (Å²) in [6.07, 6.45) is -4.90. The van der Waals surface area contributed by atoms with Crippen molar-refractivity contribution in [1.82, 2.24) is 9.55 Å². The van der Waals surface area contributed by atoms with Gasteiger partial charge in [0.2, 0.25) is 17.5 Å². The molecule has 8 nitrogen and oxygen atoms in total. The van der Waals surface area contributed by atoms with Crippen LogP contribution in [0.4, 0.5) is 18.9 Å². The maximum absolute atomic E-state index is 13.8. The normalized spacial score (nSPS) is 11.3. The number of hydrogen-bond acceptors (Lipinski definition) is 6. The number of alkyl halides is 3. The molecule has 1 heterocycles. The molecule has 37 heavy (non-hydrogen) atoms. The molecule has 0 unspecified atom stereocenters. The van der Waals surface area contributed by atoms with Gasteiger partial charge < -0.3 is 19.5 Å². The Kier molecular flexibility index (Phi) is 7.05. The Morgan fingerprint density at radius 3 is 2.14 bits per heavy atom. The number of benzene rings is 3. The quantitative estimate of drug-likeness (QED) is 0.388. The van der Waals surface area contributed by atoms with E-state index in [0.29, 0.717) is 33.1 Å². The Labute approximate surface area is 209 Å². The molecule has 1 aromatic heterocycles. The molecular weight excluding hydrogens is 491 g/mol. The highest BCUT2D eigenvalue weighted by Crippen LogP contribution is 2.38. The van der Waals surface area contributed by atoms with E-state index in [-0.39, 0.29) is 28.9 Å². The zero-order valence-corrected chi connectivity index (χ0v) is 20.1. The first-order valence-corrected chi connectivity index (χ1v) is 10.9. The van der Waals surface area contributed by atoms with Gasteiger partial charge in [0.25, 0.3) is 5.56 Å². The molecule has 0 bridgehead atoms. The Morgan fingerprint density at radius 2 is 1.57 bits per heavy atom. The van der Waals surface area contributed by atoms with Gasteiger partial charge in [0.1, 0.15) is 0 Å². The van der Waals surface area contributed by atoms with E-state index in [1.54, 1.807) is 18.2 Å². The molecule has 3 aromatic carbocycles. The topological polar surface area (TPSA) is 91.7 Å². The third-order valence-corrected chi connectivity index (χ3v) is 5.53. The molecule has 4 aromatic rings. The SMILES string of the molecule is COc1cc(CC(=O)Nc2ccc(-n3c(C(F)(F)F)nc4ccccc4c3=O)cc2)cc(OC)c1OC. The number of carbonyl (C=O) groups excluding carboxylic acids is 1. The summed E-state index contributed by atoms with van der Waals surface area (Å²) < 4.78 is 57.6. The Bertz CT molecular complexity index is 1490. The van der Waals surface area contributed by atoms with Gasteiger partial charge in [0.15, 0.2) is 11.5 Å². The molecule has 0 saturated carbocycles. The van der Waals surface area contributed by atoms with E-state index in [1.165, 1.54) is 63.8 Å². The van der Waals surface area contributed by atoms with Crippen molar-refractivity contribution in [3.05, 3.63) is 82.4 Å². The summed E-state index contributed by atoms with van der Waals surface area (Å²) in [5, 5.41) is 2.74. The standard InChI is InChI=1S/C26H22F3N3O5/c1-35-20-12-15(13-21(36-2)23(20)37-3)14-22(33)30-16-8-10-17(11-9-16)32-24(34)18-6-4-5-7-19(18)31-25(32)26(27,28)29/h4-13H,14H2,1-3H3,(H,30,33). The first-order valence-electron chi connectivity index (χ1n) is 10.9. The van der Waals surface area contributed by atoms with Gasteiger partial charge in [-0.3, -0.25) is 14.2 Å². The first-order chi connectivity index (χ1) is 17.7. The van der Waals surface area contributed by atoms with Crippen LogP contribution in [0.3, 0.4) is 0 Å². The predicted octanol–water partition coefficient (Wildman–Crippen LogP) is 4.61. The van der Waals surface area contributed by atoms with Crippen LogP contribution in [0.5, 0.6) is 17.2 Å². The van der Waals surface area contributed by atoms with Gasteiger partial charge in [-0.05, 0) is 54.1 Å². The van der Waals surface area contributed by atoms with Gasteiger partial charge in [0, 0.05) is 5.69 Å². The molecule has 0 radical (unpaired) electrons. The molecule has 0 fully saturated rings. The molecule has 4 rings (SSSR count). The van der Waals surface area contributed by atoms with Crippen molar-refractivity contribution < 1.29 is 32.2 Å². The average Bonchev–Trinajstić information content (AvgIpc) is 2.88. The molecule has 0 saturated heterocycles. The lowest BCUT2D eigenvalue weighted by Crippen LogP contribution is -2.28. The van der Waals surface area contributed by atoms with Crippen LogP contribution in [-0.2, 0) is 17.4 Å². The lowest BCUT2D eigenvalue weighted by Gasteiger charge is -2.16. The van der Waals surface area contributed by atoms with Crippen LogP contribution in [0.2, 0.25) is 0 Å². The summed E-state index contributed by atoms with van der Waals surface area (Å²) in [6.45, 7) is 0. The molecule has 192 valence electrons. The zero-order chi connectivity index (χ0) is 26.7. The van der Waals surface area contributed by atoms with Crippen molar-refractivity contribution in [2.45, 2.75) is 12.6 Å². The summed E-state index contributed by atoms with van der Waals surface area (Å²) in [7, 11) is 4.39. The number of halogens is 3. The number of methoxy groups -OCH3 is 3. The maximum atomic E-state index is 13.8. The number of ether oxygens (including phenoxy) is 3. The lowest BCUT2D eigenvalue weighted by atomic mass is 10.1. The van der Waals surface area contributed by atoms with Crippen LogP contribution in [0.15, 0.2) is 65.5 Å². The average molecular weight is 513 g/mol. The minimum atomic E-state index is -4.86. The summed E-state index contributed by atoms with van der Waals surface area (Å²) in [6, 6.07) is 14.5. The van der Waals surface area contributed by atoms with Gasteiger partial charge in [-0.25, -0.2) is 4.98 Å². The summed E-state index contributed by atoms with van der Waals surface area (Å²) >= 11 is 0. The molecular formula is C26H22F3N3O5. The van der Waals surface area contributed by atoms with Gasteiger partial charge in [-0.1, -0.05) is 12.1 Å². The second-order valence-electron chi connectivity index (χ2n) is 7.90. The number of amides is 1. The Hall–Kier alpha value is -4.54. The predicted molar refractivity (Wildman–Crippen MR) is 131 cm³/mol. The molecule has 0 atom stereocenters. The number of hydrogen-bond donors (Lipinski definition) is 1. The number of anilines is 1. The third-order valence-electron chi connectivity index (χ3n) is 5.53. The lowest BCUT2D eigenvalue weighted by molar-refractivity contribution is -0.146. The van der Waals surface area contributed by atoms with E-state index in [1.807, 2.05) is 0 Å². The fourth-order valence-electron chi connectivity index (χ4n) is 3.88. The highest BCUT2D eigenvalue weighted by Gasteiger charge is 2.37. The molecule has 0 aliphatic rings. The number of rotatable bonds is 7. The van der Waals surface area contributed by atoms with Gasteiger partial charge >= 0.3 is 6.18 Å². The number of aromatic nitrogens is 2. The second kappa shape index (κ2) is 10.2. The van der Waals surface area contributed by atoms with E-state index in [2.05, 4.69) is 10.3 Å². The number of fused-ring (bicyclic) bond motifs is 1. The van der Waals surface area contributed by atoms with Crippen LogP contribution in [0.1, 0.15) is 11.4 Å². The summed E-state index contributed by atoms with van der Waals surface area (Å²) in [5.74, 6) is -0.549. The van der Waals surface area contributed by atoms with Crippen LogP contribution >= 0.6 is 0 Å². The van der Waals surface area contributed by atoms with Gasteiger partial charge in [-0.15, -0.1) is 0 Å². The highest BCUT2D eigenvalue weighted by atomic mass is 19.4. The first kappa shape index (κ1) is 25.5. The van der Waals surface area contributed by atoms with Crippen LogP contribution < -0.4 is 25.1 Å². The molecule has 1 amide bonds. The molecule has 11 heteroatoms. The van der Waals surface area contributed by atoms with E-state index >= 15 is 0 Å². The summed E-state index contributed by atoms with van der Waals surface area (Å²) in [5.41, 5.74) is -0.0224. The van der Waals surface area contributed by atoms with Crippen molar-refractivity contribution in [2.75, 3.05) is 26.6 Å². The zero-order valence-electron chi connectivity index (χ0n) is 20.1. The van der Waals surface area contributed by atoms with E-state index in [4.69, 9.17) is 14.2 Å². The Morgan fingerprint density at radius 1 is 0.946 bits per heavy atom. The van der Waals surface area contributed by atoms with Crippen LogP contribution in [0, 0.1) is 0 Å². The monoisotopic (exact) mass is 513 g/mol. The van der Waals surface area contributed by atoms with E-state index in [0.717, 1.165) is 0 Å². The van der Waals surface area contributed by atoms with Crippen molar-refractivity contribution in [2.24, 2.45) is 0 Å². The maximum Gasteiger partial charge on any atom is 0.450 e. The number of carbonyl (C=O) groups is 1. The van der Waals surface area contributed by atoms with Gasteiger partial charge in [-0.2, -0.15) is 13.2 Å². The minimum absolute atomic E-state index is 0.0370. The van der Waals surface area contributed by atoms with Crippen LogP contribution in [-0.4, -0.2) is 36.8 Å². The van der Waals surface area contributed by atoms with Crippen molar-refractivity contribution in [1.29, 1.82) is 0 Å². The number of para-hydroxylation sites is 1. The fraction of sp³-hybridized carbons (Fsp3) is 0.192. The Balaban J connectivity index is 1.60. The third kappa shape index (κ3) is 5.20. The van der Waals surface area contributed by atoms with Crippen molar-refractivity contribution in [3.63, 3.8) is 0 Å². The molecule has 0 aliphatic carbocycles. The highest BCUT2D eigenvalue weighted by molar-refractivity contribution is 5.92. The smallest absolute Gasteiger partial charge is 0.450 e. The largest absolute Gasteiger partial charge is 0.493 e. The van der Waals surface area contributed by atoms with Crippen LogP contribution in [0.25, 0.3) is 16.6 Å². The molecule has 0 aliphatic heterocycles. The number of nitrogens with zero attached hydrogens (tertiary/aromatic N) is 2. The second-order valence-corrected chi connectivity index (χ2v) is 7.90. The van der Waals surface area contributed by atoms with E-state index < -0.39 is 17.6 Å². The van der Waals surface area contributed by atoms with Gasteiger partial charge in [0.05, 0.1) is 44.3 Å². The minimum Gasteiger partial charge on any atom is -0.493 e. The molecule has 0 spiro atoms. The number of nitrogens with one attached hydrogen (secondary N) is 1. The molecule has 1 N–H and O–H groups in total.